The minimum atomic E-state index is -0.452. The fourth-order valence-electron chi connectivity index (χ4n) is 2.92. The first-order valence-corrected chi connectivity index (χ1v) is 8.43. The molecule has 0 saturated heterocycles. The monoisotopic (exact) mass is 297 g/mol. The summed E-state index contributed by atoms with van der Waals surface area (Å²) in [6.45, 7) is 6.50. The van der Waals surface area contributed by atoms with E-state index in [-0.39, 0.29) is 11.0 Å². The molecule has 20 heavy (non-hydrogen) atoms. The molecule has 0 spiro atoms. The molecule has 1 atom stereocenters. The Morgan fingerprint density at radius 1 is 1.35 bits per heavy atom. The first kappa shape index (κ1) is 15.9. The number of aromatic nitrogens is 1. The van der Waals surface area contributed by atoms with Gasteiger partial charge >= 0.3 is 0 Å². The van der Waals surface area contributed by atoms with Gasteiger partial charge in [0.2, 0.25) is 0 Å². The molecule has 0 aliphatic heterocycles. The van der Waals surface area contributed by atoms with Gasteiger partial charge in [-0.05, 0) is 12.8 Å². The Balaban J connectivity index is 2.06. The summed E-state index contributed by atoms with van der Waals surface area (Å²) >= 11 is 1.65. The topological polar surface area (TPSA) is 42.4 Å². The van der Waals surface area contributed by atoms with E-state index in [2.05, 4.69) is 31.1 Å². The minimum absolute atomic E-state index is 0.0729. The molecule has 1 saturated carbocycles. The normalized spacial score (nSPS) is 20.9. The van der Waals surface area contributed by atoms with Crippen LogP contribution in [0.1, 0.15) is 63.6 Å². The molecular weight excluding hydrogens is 270 g/mol. The van der Waals surface area contributed by atoms with Gasteiger partial charge in [0.1, 0.15) is 0 Å². The third-order valence-corrected chi connectivity index (χ3v) is 5.27. The van der Waals surface area contributed by atoms with Crippen molar-refractivity contribution in [1.29, 1.82) is 0 Å². The lowest BCUT2D eigenvalue weighted by molar-refractivity contribution is -0.122. The number of aliphatic hydroxyl groups is 1. The maximum Gasteiger partial charge on any atom is 0.0955 e. The second-order valence-electron chi connectivity index (χ2n) is 6.93. The molecule has 1 aromatic heterocycles. The van der Waals surface area contributed by atoms with Crippen LogP contribution >= 0.6 is 11.3 Å². The summed E-state index contributed by atoms with van der Waals surface area (Å²) in [4.78, 5) is 4.68. The average molecular weight is 297 g/mol. The fourth-order valence-corrected chi connectivity index (χ4v) is 3.98. The van der Waals surface area contributed by atoms with Crippen LogP contribution < -0.4 is 0 Å². The fraction of sp³-hybridized carbons (Fsp3) is 0.812. The van der Waals surface area contributed by atoms with Crippen LogP contribution in [0.5, 0.6) is 0 Å². The lowest BCUT2D eigenvalue weighted by Gasteiger charge is -2.39. The summed E-state index contributed by atoms with van der Waals surface area (Å²) in [5.74, 6) is 0. The van der Waals surface area contributed by atoms with Gasteiger partial charge < -0.3 is 9.84 Å². The Bertz CT molecular complexity index is 430. The van der Waals surface area contributed by atoms with Gasteiger partial charge in [-0.3, -0.25) is 0 Å². The molecule has 1 unspecified atom stereocenters. The van der Waals surface area contributed by atoms with Crippen LogP contribution in [0.3, 0.4) is 0 Å². The number of aliphatic hydroxyl groups excluding tert-OH is 1. The standard InChI is InChI=1S/C16H27NO2S/c1-15(2,3)12-11-20-14(17-12)10-13(18)16(19-4)8-6-5-7-9-16/h11,13,18H,5-10H2,1-4H3. The van der Waals surface area contributed by atoms with Crippen LogP contribution in [0.15, 0.2) is 5.38 Å². The summed E-state index contributed by atoms with van der Waals surface area (Å²) in [5.41, 5.74) is 0.828. The van der Waals surface area contributed by atoms with Gasteiger partial charge in [-0.15, -0.1) is 11.3 Å². The zero-order valence-electron chi connectivity index (χ0n) is 13.1. The van der Waals surface area contributed by atoms with E-state index in [0.29, 0.717) is 6.42 Å². The Morgan fingerprint density at radius 2 is 2.00 bits per heavy atom. The quantitative estimate of drug-likeness (QED) is 0.921. The first-order valence-electron chi connectivity index (χ1n) is 7.55. The number of ether oxygens (including phenoxy) is 1. The lowest BCUT2D eigenvalue weighted by Crippen LogP contribution is -2.46. The number of methoxy groups -OCH3 is 1. The van der Waals surface area contributed by atoms with E-state index in [1.165, 1.54) is 6.42 Å². The van der Waals surface area contributed by atoms with Gasteiger partial charge in [0.25, 0.3) is 0 Å². The van der Waals surface area contributed by atoms with Crippen LogP contribution in [0.25, 0.3) is 0 Å². The van der Waals surface area contributed by atoms with Crippen molar-refractivity contribution >= 4 is 11.3 Å². The van der Waals surface area contributed by atoms with Crippen molar-refractivity contribution < 1.29 is 9.84 Å². The molecule has 1 aliphatic rings. The molecule has 0 bridgehead atoms. The Morgan fingerprint density at radius 3 is 2.50 bits per heavy atom. The van der Waals surface area contributed by atoms with Gasteiger partial charge in [0.05, 0.1) is 22.4 Å². The van der Waals surface area contributed by atoms with Crippen molar-refractivity contribution in [3.05, 3.63) is 16.1 Å². The Kier molecular flexibility index (Phi) is 4.88. The van der Waals surface area contributed by atoms with Crippen molar-refractivity contribution in [2.75, 3.05) is 7.11 Å². The number of hydrogen-bond donors (Lipinski definition) is 1. The summed E-state index contributed by atoms with van der Waals surface area (Å²) < 4.78 is 5.71. The smallest absolute Gasteiger partial charge is 0.0955 e. The molecule has 0 amide bonds. The zero-order chi connectivity index (χ0) is 14.8. The first-order chi connectivity index (χ1) is 9.37. The van der Waals surface area contributed by atoms with Crippen LogP contribution in [0.2, 0.25) is 0 Å². The highest BCUT2D eigenvalue weighted by atomic mass is 32.1. The molecule has 1 N–H and O–H groups in total. The average Bonchev–Trinajstić information content (AvgIpc) is 2.88. The summed E-state index contributed by atoms with van der Waals surface area (Å²) in [7, 11) is 1.73. The van der Waals surface area contributed by atoms with E-state index in [9.17, 15) is 5.11 Å². The largest absolute Gasteiger partial charge is 0.390 e. The second kappa shape index (κ2) is 6.12. The molecule has 4 heteroatoms. The molecule has 1 fully saturated rings. The molecular formula is C16H27NO2S. The van der Waals surface area contributed by atoms with E-state index in [1.54, 1.807) is 18.4 Å². The number of nitrogens with zero attached hydrogens (tertiary/aromatic N) is 1. The van der Waals surface area contributed by atoms with E-state index >= 15 is 0 Å². The third kappa shape index (κ3) is 3.41. The van der Waals surface area contributed by atoms with E-state index in [0.717, 1.165) is 36.4 Å². The van der Waals surface area contributed by atoms with E-state index in [4.69, 9.17) is 4.74 Å². The number of thiazole rings is 1. The van der Waals surface area contributed by atoms with Crippen LogP contribution in [0.4, 0.5) is 0 Å². The predicted molar refractivity (Wildman–Crippen MR) is 83.3 cm³/mol. The predicted octanol–water partition coefficient (Wildman–Crippen LogP) is 3.69. The minimum Gasteiger partial charge on any atom is -0.390 e. The summed E-state index contributed by atoms with van der Waals surface area (Å²) in [6.07, 6.45) is 5.63. The Hall–Kier alpha value is -0.450. The van der Waals surface area contributed by atoms with Gasteiger partial charge in [0, 0.05) is 24.3 Å². The number of rotatable bonds is 4. The molecule has 0 aromatic carbocycles. The van der Waals surface area contributed by atoms with Crippen molar-refractivity contribution in [3.8, 4) is 0 Å². The highest BCUT2D eigenvalue weighted by Crippen LogP contribution is 2.36. The Labute approximate surface area is 126 Å². The number of hydrogen-bond acceptors (Lipinski definition) is 4. The molecule has 1 heterocycles. The van der Waals surface area contributed by atoms with Crippen LogP contribution in [0, 0.1) is 0 Å². The maximum absolute atomic E-state index is 10.6. The van der Waals surface area contributed by atoms with Gasteiger partial charge in [-0.1, -0.05) is 40.0 Å². The molecule has 2 rings (SSSR count). The van der Waals surface area contributed by atoms with Gasteiger partial charge in [0.15, 0.2) is 0 Å². The van der Waals surface area contributed by atoms with Crippen molar-refractivity contribution in [1.82, 2.24) is 4.98 Å². The van der Waals surface area contributed by atoms with Gasteiger partial charge in [-0.25, -0.2) is 4.98 Å². The molecule has 3 nitrogen and oxygen atoms in total. The summed E-state index contributed by atoms with van der Waals surface area (Å²) in [5, 5.41) is 13.8. The molecule has 114 valence electrons. The molecule has 1 aliphatic carbocycles. The second-order valence-corrected chi connectivity index (χ2v) is 7.87. The lowest BCUT2D eigenvalue weighted by atomic mass is 9.79. The highest BCUT2D eigenvalue weighted by molar-refractivity contribution is 7.09. The third-order valence-electron chi connectivity index (χ3n) is 4.40. The SMILES string of the molecule is COC1(C(O)Cc2nc(C(C)(C)C)cs2)CCCCC1. The van der Waals surface area contributed by atoms with Gasteiger partial charge in [-0.2, -0.15) is 0 Å². The van der Waals surface area contributed by atoms with Crippen LogP contribution in [-0.2, 0) is 16.6 Å². The van der Waals surface area contributed by atoms with Crippen molar-refractivity contribution in [2.45, 2.75) is 76.4 Å². The summed E-state index contributed by atoms with van der Waals surface area (Å²) in [6, 6.07) is 0. The van der Waals surface area contributed by atoms with Crippen LogP contribution in [-0.4, -0.2) is 28.9 Å². The maximum atomic E-state index is 10.6. The zero-order valence-corrected chi connectivity index (χ0v) is 13.9. The molecule has 0 radical (unpaired) electrons. The van der Waals surface area contributed by atoms with Crippen molar-refractivity contribution in [2.24, 2.45) is 0 Å². The molecule has 1 aromatic rings. The highest BCUT2D eigenvalue weighted by Gasteiger charge is 2.39. The van der Waals surface area contributed by atoms with E-state index < -0.39 is 6.10 Å². The van der Waals surface area contributed by atoms with Crippen molar-refractivity contribution in [3.63, 3.8) is 0 Å². The van der Waals surface area contributed by atoms with E-state index in [1.807, 2.05) is 0 Å².